The summed E-state index contributed by atoms with van der Waals surface area (Å²) in [6.45, 7) is 9.22. The highest BCUT2D eigenvalue weighted by atomic mass is 16.7. The lowest BCUT2D eigenvalue weighted by Crippen LogP contribution is -2.48. The van der Waals surface area contributed by atoms with Gasteiger partial charge in [0.2, 0.25) is 0 Å². The molecule has 1 spiro atoms. The van der Waals surface area contributed by atoms with E-state index in [1.54, 1.807) is 12.2 Å². The van der Waals surface area contributed by atoms with Crippen molar-refractivity contribution in [3.05, 3.63) is 33.9 Å². The summed E-state index contributed by atoms with van der Waals surface area (Å²) in [5, 5.41) is 1.80. The summed E-state index contributed by atoms with van der Waals surface area (Å²) in [5.74, 6) is -1.28. The first kappa shape index (κ1) is 17.1. The van der Waals surface area contributed by atoms with Gasteiger partial charge in [0.15, 0.2) is 11.4 Å². The monoisotopic (exact) mass is 331 g/mol. The fraction of sp³-hybridized carbons (Fsp3) is 0.579. The molecular formula is C19H25NO4. The number of piperidine rings is 1. The molecule has 0 aromatic heterocycles. The highest BCUT2D eigenvalue weighted by Gasteiger charge is 2.57. The molecule has 0 amide bonds. The van der Waals surface area contributed by atoms with E-state index in [1.807, 2.05) is 20.8 Å². The molecule has 1 aromatic carbocycles. The number of hydrogen-bond donors (Lipinski definition) is 0. The lowest BCUT2D eigenvalue weighted by atomic mass is 9.78. The molecule has 0 bridgehead atoms. The van der Waals surface area contributed by atoms with Crippen molar-refractivity contribution >= 4 is 11.8 Å². The van der Waals surface area contributed by atoms with Crippen molar-refractivity contribution in [2.45, 2.75) is 52.1 Å². The number of aryl methyl sites for hydroxylation is 2. The van der Waals surface area contributed by atoms with Gasteiger partial charge in [-0.25, -0.2) is 0 Å². The number of ketones is 1. The Balaban J connectivity index is 1.98. The molecule has 0 saturated carbocycles. The van der Waals surface area contributed by atoms with Gasteiger partial charge in [-0.05, 0) is 55.5 Å². The van der Waals surface area contributed by atoms with Gasteiger partial charge in [-0.3, -0.25) is 9.59 Å². The fourth-order valence-electron chi connectivity index (χ4n) is 4.05. The van der Waals surface area contributed by atoms with E-state index in [0.29, 0.717) is 25.9 Å². The maximum atomic E-state index is 13.2. The zero-order chi connectivity index (χ0) is 17.6. The predicted octanol–water partition coefficient (Wildman–Crippen LogP) is 2.53. The van der Waals surface area contributed by atoms with Gasteiger partial charge in [-0.1, -0.05) is 6.07 Å². The third-order valence-corrected chi connectivity index (χ3v) is 5.74. The van der Waals surface area contributed by atoms with Crippen LogP contribution in [0.4, 0.5) is 0 Å². The molecule has 0 aliphatic carbocycles. The van der Waals surface area contributed by atoms with Crippen molar-refractivity contribution in [3.63, 3.8) is 0 Å². The quantitative estimate of drug-likeness (QED) is 0.616. The topological polar surface area (TPSA) is 55.8 Å². The van der Waals surface area contributed by atoms with Gasteiger partial charge in [0.1, 0.15) is 5.92 Å². The number of Topliss-reactive ketones (excluding diaryl/α,β-unsaturated/α-hetero) is 1. The molecule has 1 aromatic rings. The number of hydrogen-bond acceptors (Lipinski definition) is 5. The average Bonchev–Trinajstić information content (AvgIpc) is 2.78. The van der Waals surface area contributed by atoms with Crippen LogP contribution in [0.25, 0.3) is 0 Å². The second-order valence-electron chi connectivity index (χ2n) is 7.00. The summed E-state index contributed by atoms with van der Waals surface area (Å²) in [5.41, 5.74) is 4.17. The van der Waals surface area contributed by atoms with E-state index in [2.05, 4.69) is 13.0 Å². The maximum Gasteiger partial charge on any atom is 0.322 e. The number of nitrogens with zero attached hydrogens (tertiary/aromatic N) is 1. The Labute approximate surface area is 142 Å². The summed E-state index contributed by atoms with van der Waals surface area (Å²) in [4.78, 5) is 31.0. The number of rotatable bonds is 2. The summed E-state index contributed by atoms with van der Waals surface area (Å²) in [6, 6.07) is 2.05. The SMILES string of the molecule is CON1CCC2(CC1)OC(=O)C(c1c(C)cc(C)c(C)c1C)C2=O. The normalized spacial score (nSPS) is 23.8. The standard InChI is InChI=1S/C19H25NO4/c1-11-10-12(2)15(14(4)13(11)3)16-17(21)19(24-18(16)22)6-8-20(23-5)9-7-19/h10,16H,6-9H2,1-5H3. The first-order chi connectivity index (χ1) is 11.3. The Morgan fingerprint density at radius 3 is 2.29 bits per heavy atom. The molecule has 24 heavy (non-hydrogen) atoms. The number of carbonyl (C=O) groups is 2. The number of carbonyl (C=O) groups excluding carboxylic acids is 2. The van der Waals surface area contributed by atoms with E-state index in [1.165, 1.54) is 5.56 Å². The van der Waals surface area contributed by atoms with Crippen LogP contribution < -0.4 is 0 Å². The Morgan fingerprint density at radius 1 is 1.08 bits per heavy atom. The van der Waals surface area contributed by atoms with E-state index >= 15 is 0 Å². The highest BCUT2D eigenvalue weighted by Crippen LogP contribution is 2.43. The van der Waals surface area contributed by atoms with Crippen LogP contribution in [0.5, 0.6) is 0 Å². The lowest BCUT2D eigenvalue weighted by Gasteiger charge is -2.35. The number of hydroxylamine groups is 2. The van der Waals surface area contributed by atoms with Crippen LogP contribution in [-0.2, 0) is 19.2 Å². The minimum atomic E-state index is -0.978. The van der Waals surface area contributed by atoms with E-state index in [9.17, 15) is 9.59 Å². The minimum Gasteiger partial charge on any atom is -0.450 e. The van der Waals surface area contributed by atoms with Gasteiger partial charge in [0.05, 0.1) is 7.11 Å². The van der Waals surface area contributed by atoms with Crippen LogP contribution in [0.15, 0.2) is 6.07 Å². The molecule has 5 heteroatoms. The average molecular weight is 331 g/mol. The summed E-state index contributed by atoms with van der Waals surface area (Å²) < 4.78 is 5.67. The molecule has 1 unspecified atom stereocenters. The van der Waals surface area contributed by atoms with Gasteiger partial charge < -0.3 is 9.57 Å². The molecule has 2 saturated heterocycles. The third kappa shape index (κ3) is 2.47. The van der Waals surface area contributed by atoms with E-state index in [4.69, 9.17) is 9.57 Å². The molecule has 3 rings (SSSR count). The number of benzene rings is 1. The molecular weight excluding hydrogens is 306 g/mol. The van der Waals surface area contributed by atoms with Crippen LogP contribution in [0.1, 0.15) is 46.6 Å². The van der Waals surface area contributed by atoms with Crippen LogP contribution >= 0.6 is 0 Å². The van der Waals surface area contributed by atoms with Gasteiger partial charge in [0, 0.05) is 25.9 Å². The highest BCUT2D eigenvalue weighted by molar-refractivity contribution is 6.14. The molecule has 2 aliphatic heterocycles. The molecule has 2 aliphatic rings. The van der Waals surface area contributed by atoms with Crippen molar-refractivity contribution in [2.75, 3.05) is 20.2 Å². The van der Waals surface area contributed by atoms with Gasteiger partial charge in [-0.15, -0.1) is 0 Å². The summed E-state index contributed by atoms with van der Waals surface area (Å²) in [7, 11) is 1.62. The lowest BCUT2D eigenvalue weighted by molar-refractivity contribution is -0.184. The molecule has 2 fully saturated rings. The minimum absolute atomic E-state index is 0.0855. The Kier molecular flexibility index (Phi) is 4.26. The second-order valence-corrected chi connectivity index (χ2v) is 7.00. The zero-order valence-corrected chi connectivity index (χ0v) is 15.1. The number of ether oxygens (including phenoxy) is 1. The maximum absolute atomic E-state index is 13.2. The zero-order valence-electron chi connectivity index (χ0n) is 15.1. The molecule has 0 radical (unpaired) electrons. The van der Waals surface area contributed by atoms with Crippen LogP contribution in [0.3, 0.4) is 0 Å². The fourth-order valence-corrected chi connectivity index (χ4v) is 4.05. The van der Waals surface area contributed by atoms with E-state index in [0.717, 1.165) is 22.3 Å². The molecule has 2 heterocycles. The van der Waals surface area contributed by atoms with Crippen molar-refractivity contribution in [3.8, 4) is 0 Å². The molecule has 1 atom stereocenters. The smallest absolute Gasteiger partial charge is 0.322 e. The summed E-state index contributed by atoms with van der Waals surface area (Å²) >= 11 is 0. The predicted molar refractivity (Wildman–Crippen MR) is 89.8 cm³/mol. The Bertz CT molecular complexity index is 702. The first-order valence-corrected chi connectivity index (χ1v) is 8.44. The van der Waals surface area contributed by atoms with Crippen molar-refractivity contribution < 1.29 is 19.2 Å². The van der Waals surface area contributed by atoms with Crippen molar-refractivity contribution in [1.29, 1.82) is 0 Å². The van der Waals surface area contributed by atoms with Gasteiger partial charge in [0.25, 0.3) is 0 Å². The largest absolute Gasteiger partial charge is 0.450 e. The third-order valence-electron chi connectivity index (χ3n) is 5.74. The molecule has 0 N–H and O–H groups in total. The number of esters is 1. The molecule has 130 valence electrons. The van der Waals surface area contributed by atoms with E-state index in [-0.39, 0.29) is 5.78 Å². The van der Waals surface area contributed by atoms with E-state index < -0.39 is 17.5 Å². The Morgan fingerprint density at radius 2 is 1.71 bits per heavy atom. The molecule has 5 nitrogen and oxygen atoms in total. The van der Waals surface area contributed by atoms with Crippen LogP contribution in [0.2, 0.25) is 0 Å². The van der Waals surface area contributed by atoms with Crippen molar-refractivity contribution in [2.24, 2.45) is 0 Å². The first-order valence-electron chi connectivity index (χ1n) is 8.44. The van der Waals surface area contributed by atoms with Gasteiger partial charge in [-0.2, -0.15) is 5.06 Å². The second kappa shape index (κ2) is 5.97. The van der Waals surface area contributed by atoms with Crippen molar-refractivity contribution in [1.82, 2.24) is 5.06 Å². The summed E-state index contributed by atoms with van der Waals surface area (Å²) in [6.07, 6.45) is 0.982. The van der Waals surface area contributed by atoms with Crippen LogP contribution in [-0.4, -0.2) is 42.6 Å². The van der Waals surface area contributed by atoms with Crippen LogP contribution in [0, 0.1) is 27.7 Å². The van der Waals surface area contributed by atoms with Gasteiger partial charge >= 0.3 is 5.97 Å². The Hall–Kier alpha value is -1.72.